The second-order valence-corrected chi connectivity index (χ2v) is 7.75. The first-order chi connectivity index (χ1) is 13.3. The molecule has 4 heterocycles. The van der Waals surface area contributed by atoms with Crippen molar-refractivity contribution in [2.24, 2.45) is 0 Å². The van der Waals surface area contributed by atoms with E-state index in [1.807, 2.05) is 18.2 Å². The Bertz CT molecular complexity index is 960. The van der Waals surface area contributed by atoms with Crippen LogP contribution in [0.3, 0.4) is 0 Å². The number of anilines is 2. The van der Waals surface area contributed by atoms with Crippen LogP contribution in [-0.4, -0.2) is 45.7 Å². The number of hydrogen-bond acceptors (Lipinski definition) is 5. The highest BCUT2D eigenvalue weighted by atomic mass is 35.5. The van der Waals surface area contributed by atoms with Crippen LogP contribution in [0, 0.1) is 0 Å². The van der Waals surface area contributed by atoms with Gasteiger partial charge in [-0.05, 0) is 31.0 Å². The molecule has 0 amide bonds. The normalized spacial score (nSPS) is 17.8. The van der Waals surface area contributed by atoms with Crippen LogP contribution < -0.4 is 9.80 Å². The molecule has 0 N–H and O–H groups in total. The van der Waals surface area contributed by atoms with Crippen molar-refractivity contribution in [3.63, 3.8) is 0 Å². The molecule has 1 fully saturated rings. The Balaban J connectivity index is 1.40. The number of rotatable bonds is 2. The lowest BCUT2D eigenvalue weighted by Crippen LogP contribution is -2.47. The molecule has 140 valence electrons. The molecule has 3 aromatic rings. The van der Waals surface area contributed by atoms with Crippen molar-refractivity contribution in [1.82, 2.24) is 19.5 Å². The summed E-state index contributed by atoms with van der Waals surface area (Å²) in [5.74, 6) is 2.15. The van der Waals surface area contributed by atoms with Crippen molar-refractivity contribution in [2.45, 2.75) is 32.2 Å². The summed E-state index contributed by atoms with van der Waals surface area (Å²) < 4.78 is 2.30. The fourth-order valence-corrected chi connectivity index (χ4v) is 4.39. The Kier molecular flexibility index (Phi) is 4.36. The van der Waals surface area contributed by atoms with Gasteiger partial charge in [-0.25, -0.2) is 15.0 Å². The minimum Gasteiger partial charge on any atom is -0.368 e. The van der Waals surface area contributed by atoms with Crippen LogP contribution in [0.2, 0.25) is 5.02 Å². The summed E-state index contributed by atoms with van der Waals surface area (Å²) in [7, 11) is 0. The Morgan fingerprint density at radius 2 is 1.74 bits per heavy atom. The maximum Gasteiger partial charge on any atom is 0.165 e. The minimum absolute atomic E-state index is 0.784. The van der Waals surface area contributed by atoms with Crippen molar-refractivity contribution in [2.75, 3.05) is 36.0 Å². The highest BCUT2D eigenvalue weighted by molar-refractivity contribution is 6.30. The molecule has 0 unspecified atom stereocenters. The van der Waals surface area contributed by atoms with E-state index in [-0.39, 0.29) is 0 Å². The van der Waals surface area contributed by atoms with Crippen LogP contribution in [0.1, 0.15) is 25.1 Å². The molecule has 0 aliphatic carbocycles. The van der Waals surface area contributed by atoms with Gasteiger partial charge in [-0.15, -0.1) is 0 Å². The summed E-state index contributed by atoms with van der Waals surface area (Å²) in [5.41, 5.74) is 3.14. The van der Waals surface area contributed by atoms with Crippen LogP contribution >= 0.6 is 11.6 Å². The van der Waals surface area contributed by atoms with Gasteiger partial charge in [0, 0.05) is 49.9 Å². The van der Waals surface area contributed by atoms with Gasteiger partial charge < -0.3 is 14.4 Å². The zero-order valence-electron chi connectivity index (χ0n) is 15.3. The number of nitrogens with zero attached hydrogens (tertiary/aromatic N) is 6. The van der Waals surface area contributed by atoms with E-state index >= 15 is 0 Å². The highest BCUT2D eigenvalue weighted by Crippen LogP contribution is 2.28. The van der Waals surface area contributed by atoms with Crippen molar-refractivity contribution >= 4 is 34.3 Å². The average Bonchev–Trinajstić information content (AvgIpc) is 2.89. The molecule has 0 bridgehead atoms. The van der Waals surface area contributed by atoms with E-state index in [1.165, 1.54) is 30.8 Å². The van der Waals surface area contributed by atoms with E-state index in [0.717, 1.165) is 61.1 Å². The van der Waals surface area contributed by atoms with Gasteiger partial charge in [-0.1, -0.05) is 24.1 Å². The Hall–Kier alpha value is -2.34. The van der Waals surface area contributed by atoms with E-state index in [2.05, 4.69) is 30.4 Å². The summed E-state index contributed by atoms with van der Waals surface area (Å²) in [6, 6.07) is 8.08. The molecule has 1 saturated heterocycles. The zero-order valence-corrected chi connectivity index (χ0v) is 16.1. The predicted octanol–water partition coefficient (Wildman–Crippen LogP) is 3.53. The number of aryl methyl sites for hydroxylation is 2. The number of fused-ring (bicyclic) bond motifs is 3. The number of hydrogen-bond donors (Lipinski definition) is 0. The molecular weight excluding hydrogens is 360 g/mol. The third kappa shape index (κ3) is 3.12. The molecular formula is C20H23ClN6. The van der Waals surface area contributed by atoms with Gasteiger partial charge in [0.05, 0.1) is 0 Å². The highest BCUT2D eigenvalue weighted by Gasteiger charge is 2.24. The second-order valence-electron chi connectivity index (χ2n) is 7.31. The quantitative estimate of drug-likeness (QED) is 0.678. The fourth-order valence-electron chi connectivity index (χ4n) is 4.21. The lowest BCUT2D eigenvalue weighted by molar-refractivity contribution is 0.641. The lowest BCUT2D eigenvalue weighted by atomic mass is 10.2. The summed E-state index contributed by atoms with van der Waals surface area (Å²) in [6.07, 6.45) is 6.42. The average molecular weight is 383 g/mol. The van der Waals surface area contributed by atoms with Crippen molar-refractivity contribution in [3.8, 4) is 0 Å². The molecule has 2 aliphatic heterocycles. The maximum atomic E-state index is 6.15. The van der Waals surface area contributed by atoms with E-state index in [1.54, 1.807) is 6.33 Å². The van der Waals surface area contributed by atoms with Gasteiger partial charge in [0.2, 0.25) is 0 Å². The van der Waals surface area contributed by atoms with Crippen molar-refractivity contribution in [1.29, 1.82) is 0 Å². The summed E-state index contributed by atoms with van der Waals surface area (Å²) in [5, 5.41) is 0.784. The zero-order chi connectivity index (χ0) is 18.2. The standard InChI is InChI=1S/C20H23ClN6/c21-15-5-4-6-16(13-15)25-9-11-26(12-10-25)19-18-20(23-14-22-19)27-8-3-1-2-7-17(27)24-18/h4-6,13-14H,1-3,7-12H2. The molecule has 5 rings (SSSR count). The van der Waals surface area contributed by atoms with Gasteiger partial charge in [0.15, 0.2) is 17.0 Å². The summed E-state index contributed by atoms with van der Waals surface area (Å²) >= 11 is 6.15. The van der Waals surface area contributed by atoms with Crippen LogP contribution in [0.25, 0.3) is 11.2 Å². The topological polar surface area (TPSA) is 50.1 Å². The Morgan fingerprint density at radius 3 is 2.59 bits per heavy atom. The van der Waals surface area contributed by atoms with Crippen molar-refractivity contribution in [3.05, 3.63) is 41.4 Å². The van der Waals surface area contributed by atoms with Gasteiger partial charge in [-0.3, -0.25) is 0 Å². The van der Waals surface area contributed by atoms with Crippen LogP contribution in [-0.2, 0) is 13.0 Å². The first-order valence-corrected chi connectivity index (χ1v) is 10.1. The molecule has 0 radical (unpaired) electrons. The van der Waals surface area contributed by atoms with Gasteiger partial charge in [0.25, 0.3) is 0 Å². The van der Waals surface area contributed by atoms with E-state index in [4.69, 9.17) is 16.6 Å². The Labute approximate surface area is 163 Å². The van der Waals surface area contributed by atoms with E-state index < -0.39 is 0 Å². The molecule has 1 aromatic carbocycles. The molecule has 6 nitrogen and oxygen atoms in total. The second kappa shape index (κ2) is 7.00. The first kappa shape index (κ1) is 16.8. The van der Waals surface area contributed by atoms with Crippen molar-refractivity contribution < 1.29 is 0 Å². The summed E-state index contributed by atoms with van der Waals surface area (Å²) in [4.78, 5) is 18.8. The maximum absolute atomic E-state index is 6.15. The molecule has 0 spiro atoms. The van der Waals surface area contributed by atoms with Gasteiger partial charge in [0.1, 0.15) is 12.2 Å². The minimum atomic E-state index is 0.784. The SMILES string of the molecule is Clc1cccc(N2CCN(c3ncnc4c3nc3n4CCCCC3)CC2)c1. The van der Waals surface area contributed by atoms with Gasteiger partial charge >= 0.3 is 0 Å². The molecule has 27 heavy (non-hydrogen) atoms. The number of benzene rings is 1. The predicted molar refractivity (Wildman–Crippen MR) is 109 cm³/mol. The number of aromatic nitrogens is 4. The lowest BCUT2D eigenvalue weighted by Gasteiger charge is -2.36. The monoisotopic (exact) mass is 382 g/mol. The number of halogens is 1. The third-order valence-electron chi connectivity index (χ3n) is 5.63. The molecule has 7 heteroatoms. The molecule has 2 aliphatic rings. The Morgan fingerprint density at radius 1 is 0.889 bits per heavy atom. The third-order valence-corrected chi connectivity index (χ3v) is 5.86. The van der Waals surface area contributed by atoms with E-state index in [0.29, 0.717) is 0 Å². The largest absolute Gasteiger partial charge is 0.368 e. The molecule has 2 aromatic heterocycles. The molecule has 0 saturated carbocycles. The van der Waals surface area contributed by atoms with Crippen LogP contribution in [0.15, 0.2) is 30.6 Å². The van der Waals surface area contributed by atoms with Gasteiger partial charge in [-0.2, -0.15) is 0 Å². The molecule has 0 atom stereocenters. The van der Waals surface area contributed by atoms with Crippen LogP contribution in [0.4, 0.5) is 11.5 Å². The number of imidazole rings is 1. The first-order valence-electron chi connectivity index (χ1n) is 9.75. The number of piperazine rings is 1. The van der Waals surface area contributed by atoms with Crippen LogP contribution in [0.5, 0.6) is 0 Å². The van der Waals surface area contributed by atoms with E-state index in [9.17, 15) is 0 Å². The fraction of sp³-hybridized carbons (Fsp3) is 0.450. The smallest absolute Gasteiger partial charge is 0.165 e. The summed E-state index contributed by atoms with van der Waals surface area (Å²) in [6.45, 7) is 4.74.